The maximum Gasteiger partial charge on any atom is 0.228 e. The van der Waals surface area contributed by atoms with E-state index in [2.05, 4.69) is 24.4 Å². The molecular weight excluding hydrogens is 360 g/mol. The van der Waals surface area contributed by atoms with Crippen LogP contribution in [-0.4, -0.2) is 69.0 Å². The molecule has 0 aliphatic carbocycles. The molecule has 0 atom stereocenters. The van der Waals surface area contributed by atoms with Crippen LogP contribution in [-0.2, 0) is 9.47 Å². The largest absolute Gasteiger partial charge is 0.381 e. The Labute approximate surface area is 161 Å². The highest BCUT2D eigenvalue weighted by Crippen LogP contribution is 2.31. The van der Waals surface area contributed by atoms with Gasteiger partial charge in [0.2, 0.25) is 11.9 Å². The van der Waals surface area contributed by atoms with Crippen molar-refractivity contribution in [3.63, 3.8) is 0 Å². The van der Waals surface area contributed by atoms with E-state index < -0.39 is 0 Å². The molecule has 146 valence electrons. The summed E-state index contributed by atoms with van der Waals surface area (Å²) in [6.45, 7) is 4.36. The smallest absolute Gasteiger partial charge is 0.228 e. The molecule has 2 aliphatic heterocycles. The number of imidazole rings is 1. The fourth-order valence-corrected chi connectivity index (χ4v) is 3.70. The lowest BCUT2D eigenvalue weighted by atomic mass is 10.1. The van der Waals surface area contributed by atoms with Gasteiger partial charge in [-0.05, 0) is 12.8 Å². The maximum absolute atomic E-state index is 5.66. The van der Waals surface area contributed by atoms with E-state index in [4.69, 9.17) is 25.2 Å². The number of hydrogen-bond acceptors (Lipinski definition) is 9. The Hall–Kier alpha value is -2.85. The van der Waals surface area contributed by atoms with Crippen LogP contribution in [0.4, 0.5) is 11.9 Å². The molecule has 10 heteroatoms. The van der Waals surface area contributed by atoms with Crippen LogP contribution in [0.15, 0.2) is 18.7 Å². The highest BCUT2D eigenvalue weighted by Gasteiger charge is 2.24. The number of fused-ring (bicyclic) bond motifs is 1. The maximum atomic E-state index is 5.66. The van der Waals surface area contributed by atoms with E-state index in [1.54, 1.807) is 12.4 Å². The highest BCUT2D eigenvalue weighted by molar-refractivity contribution is 5.88. The van der Waals surface area contributed by atoms with E-state index in [9.17, 15) is 0 Å². The SMILES string of the molecule is Nc1ncc(-c2nc(N3CCOCC3)nc3c2ncn3C2CCOCC2)cn1. The molecule has 0 aromatic carbocycles. The van der Waals surface area contributed by atoms with Gasteiger partial charge in [0.15, 0.2) is 5.65 Å². The molecule has 3 aromatic rings. The van der Waals surface area contributed by atoms with Crippen LogP contribution in [0.5, 0.6) is 0 Å². The van der Waals surface area contributed by atoms with Crippen molar-refractivity contribution in [2.45, 2.75) is 18.9 Å². The van der Waals surface area contributed by atoms with Crippen molar-refractivity contribution >= 4 is 23.1 Å². The molecule has 2 aliphatic rings. The second-order valence-electron chi connectivity index (χ2n) is 6.97. The summed E-state index contributed by atoms with van der Waals surface area (Å²) in [5.41, 5.74) is 8.72. The molecule has 3 aromatic heterocycles. The molecule has 0 spiro atoms. The van der Waals surface area contributed by atoms with Crippen molar-refractivity contribution in [2.24, 2.45) is 0 Å². The Balaban J connectivity index is 1.65. The molecule has 5 rings (SSSR count). The highest BCUT2D eigenvalue weighted by atomic mass is 16.5. The van der Waals surface area contributed by atoms with Crippen molar-refractivity contribution in [3.8, 4) is 11.3 Å². The average molecular weight is 382 g/mol. The van der Waals surface area contributed by atoms with Gasteiger partial charge in [0.05, 0.1) is 19.5 Å². The zero-order chi connectivity index (χ0) is 18.9. The molecule has 0 unspecified atom stereocenters. The van der Waals surface area contributed by atoms with E-state index in [-0.39, 0.29) is 5.95 Å². The van der Waals surface area contributed by atoms with Crippen molar-refractivity contribution < 1.29 is 9.47 Å². The zero-order valence-electron chi connectivity index (χ0n) is 15.5. The summed E-state index contributed by atoms with van der Waals surface area (Å²) < 4.78 is 13.2. The Bertz CT molecular complexity index is 962. The van der Waals surface area contributed by atoms with Crippen molar-refractivity contribution in [2.75, 3.05) is 50.2 Å². The number of rotatable bonds is 3. The minimum atomic E-state index is 0.232. The molecule has 0 bridgehead atoms. The number of nitrogen functional groups attached to an aromatic ring is 1. The Kier molecular flexibility index (Phi) is 4.49. The normalized spacial score (nSPS) is 18.6. The summed E-state index contributed by atoms with van der Waals surface area (Å²) in [7, 11) is 0. The summed E-state index contributed by atoms with van der Waals surface area (Å²) in [6, 6.07) is 0.321. The predicted molar refractivity (Wildman–Crippen MR) is 103 cm³/mol. The first-order valence-corrected chi connectivity index (χ1v) is 9.52. The van der Waals surface area contributed by atoms with Gasteiger partial charge in [-0.1, -0.05) is 0 Å². The van der Waals surface area contributed by atoms with E-state index in [1.807, 2.05) is 6.33 Å². The van der Waals surface area contributed by atoms with Crippen molar-refractivity contribution in [1.82, 2.24) is 29.5 Å². The summed E-state index contributed by atoms with van der Waals surface area (Å²) in [5, 5.41) is 0. The first-order valence-electron chi connectivity index (χ1n) is 9.52. The first kappa shape index (κ1) is 17.3. The number of ether oxygens (including phenoxy) is 2. The monoisotopic (exact) mass is 382 g/mol. The Morgan fingerprint density at radius 3 is 2.39 bits per heavy atom. The summed E-state index contributed by atoms with van der Waals surface area (Å²) in [4.78, 5) is 24.7. The van der Waals surface area contributed by atoms with E-state index >= 15 is 0 Å². The molecule has 2 saturated heterocycles. The van der Waals surface area contributed by atoms with Gasteiger partial charge in [0, 0.05) is 50.3 Å². The predicted octanol–water partition coefficient (Wildman–Crippen LogP) is 1.05. The second-order valence-corrected chi connectivity index (χ2v) is 6.97. The lowest BCUT2D eigenvalue weighted by molar-refractivity contribution is 0.0704. The van der Waals surface area contributed by atoms with Crippen LogP contribution >= 0.6 is 0 Å². The van der Waals surface area contributed by atoms with Gasteiger partial charge < -0.3 is 24.7 Å². The summed E-state index contributed by atoms with van der Waals surface area (Å²) >= 11 is 0. The number of aromatic nitrogens is 6. The van der Waals surface area contributed by atoms with Crippen LogP contribution < -0.4 is 10.6 Å². The second kappa shape index (κ2) is 7.28. The fourth-order valence-electron chi connectivity index (χ4n) is 3.70. The molecule has 2 fully saturated rings. The van der Waals surface area contributed by atoms with Gasteiger partial charge in [-0.25, -0.2) is 19.9 Å². The minimum Gasteiger partial charge on any atom is -0.381 e. The first-order chi connectivity index (χ1) is 13.8. The van der Waals surface area contributed by atoms with Crippen molar-refractivity contribution in [1.29, 1.82) is 0 Å². The molecule has 2 N–H and O–H groups in total. The molecule has 0 saturated carbocycles. The number of nitrogens with two attached hydrogens (primary N) is 1. The van der Waals surface area contributed by atoms with Gasteiger partial charge in [0.25, 0.3) is 0 Å². The van der Waals surface area contributed by atoms with Crippen LogP contribution in [0.3, 0.4) is 0 Å². The quantitative estimate of drug-likeness (QED) is 0.709. The van der Waals surface area contributed by atoms with Crippen LogP contribution in [0.25, 0.3) is 22.4 Å². The number of morpholine rings is 1. The third kappa shape index (κ3) is 3.14. The standard InChI is InChI=1S/C18H22N8O2/c19-17-20-9-12(10-21-17)14-15-16(24-18(23-14)25-3-7-28-8-4-25)26(11-22-15)13-1-5-27-6-2-13/h9-11,13H,1-8H2,(H2,19,20,21). The van der Waals surface area contributed by atoms with Crippen LogP contribution in [0, 0.1) is 0 Å². The van der Waals surface area contributed by atoms with Gasteiger partial charge in [0.1, 0.15) is 11.2 Å². The Morgan fingerprint density at radius 2 is 1.64 bits per heavy atom. The third-order valence-corrected chi connectivity index (χ3v) is 5.23. The van der Waals surface area contributed by atoms with E-state index in [1.165, 1.54) is 0 Å². The van der Waals surface area contributed by atoms with Gasteiger partial charge in [-0.2, -0.15) is 4.98 Å². The average Bonchev–Trinajstić information content (AvgIpc) is 3.19. The van der Waals surface area contributed by atoms with E-state index in [0.29, 0.717) is 25.2 Å². The molecular formula is C18H22N8O2. The number of anilines is 2. The van der Waals surface area contributed by atoms with Gasteiger partial charge >= 0.3 is 0 Å². The molecule has 10 nitrogen and oxygen atoms in total. The van der Waals surface area contributed by atoms with Crippen molar-refractivity contribution in [3.05, 3.63) is 18.7 Å². The van der Waals surface area contributed by atoms with Gasteiger partial charge in [-0.3, -0.25) is 0 Å². The molecule has 0 amide bonds. The summed E-state index contributed by atoms with van der Waals surface area (Å²) in [6.07, 6.45) is 7.12. The summed E-state index contributed by atoms with van der Waals surface area (Å²) in [5.74, 6) is 0.909. The minimum absolute atomic E-state index is 0.232. The van der Waals surface area contributed by atoms with Gasteiger partial charge in [-0.15, -0.1) is 0 Å². The topological polar surface area (TPSA) is 117 Å². The zero-order valence-corrected chi connectivity index (χ0v) is 15.5. The molecule has 0 radical (unpaired) electrons. The lowest BCUT2D eigenvalue weighted by Crippen LogP contribution is -2.37. The van der Waals surface area contributed by atoms with Crippen LogP contribution in [0.1, 0.15) is 18.9 Å². The van der Waals surface area contributed by atoms with Crippen LogP contribution in [0.2, 0.25) is 0 Å². The lowest BCUT2D eigenvalue weighted by Gasteiger charge is -2.27. The fraction of sp³-hybridized carbons (Fsp3) is 0.500. The third-order valence-electron chi connectivity index (χ3n) is 5.23. The molecule has 28 heavy (non-hydrogen) atoms. The molecule has 5 heterocycles. The number of nitrogens with zero attached hydrogens (tertiary/aromatic N) is 7. The van der Waals surface area contributed by atoms with E-state index in [0.717, 1.165) is 61.6 Å². The Morgan fingerprint density at radius 1 is 0.929 bits per heavy atom. The number of hydrogen-bond donors (Lipinski definition) is 1.